The molecular weight excluding hydrogens is 594 g/mol. The second-order valence-electron chi connectivity index (χ2n) is 13.5. The molecule has 9 nitrogen and oxygen atoms in total. The summed E-state index contributed by atoms with van der Waals surface area (Å²) in [6, 6.07) is 15.0. The summed E-state index contributed by atoms with van der Waals surface area (Å²) in [5, 5.41) is 10.8. The number of aliphatic hydroxyl groups is 1. The molecule has 3 aliphatic rings. The largest absolute Gasteiger partial charge is 0.494 e. The third-order valence-corrected chi connectivity index (χ3v) is 10.4. The monoisotopic (exact) mass is 643 g/mol. The zero-order valence-corrected chi connectivity index (χ0v) is 28.3. The van der Waals surface area contributed by atoms with Crippen molar-refractivity contribution in [2.24, 2.45) is 17.8 Å². The van der Waals surface area contributed by atoms with Crippen LogP contribution in [-0.2, 0) is 25.5 Å². The number of likely N-dealkylation sites (tertiary alicyclic amines) is 1. The highest BCUT2D eigenvalue weighted by atomic mass is 16.5. The van der Waals surface area contributed by atoms with Gasteiger partial charge in [-0.1, -0.05) is 49.4 Å². The van der Waals surface area contributed by atoms with Gasteiger partial charge >= 0.3 is 0 Å². The van der Waals surface area contributed by atoms with Gasteiger partial charge in [0.15, 0.2) is 0 Å². The third-order valence-electron chi connectivity index (χ3n) is 10.4. The van der Waals surface area contributed by atoms with E-state index in [4.69, 9.17) is 9.47 Å². The predicted octanol–water partition coefficient (Wildman–Crippen LogP) is 4.64. The summed E-state index contributed by atoms with van der Waals surface area (Å²) in [7, 11) is 0. The van der Waals surface area contributed by atoms with Crippen molar-refractivity contribution >= 4 is 23.4 Å². The molecule has 0 aromatic heterocycles. The van der Waals surface area contributed by atoms with Crippen LogP contribution in [0.4, 0.5) is 5.69 Å². The molecule has 9 heteroatoms. The first kappa shape index (κ1) is 34.4. The molecule has 2 aromatic rings. The maximum absolute atomic E-state index is 15.0. The summed E-state index contributed by atoms with van der Waals surface area (Å²) in [6.45, 7) is 18.2. The van der Waals surface area contributed by atoms with Crippen LogP contribution in [0.25, 0.3) is 0 Å². The SMILES string of the molecule is C=CCN(C(=O)[C@@H]1[C@H]2C(=O)N([C@@H](CO)Cc3ccccc3)C(C(=O)N(CC=C)C(C)C)C23CC(C)[C@@]1(C)O3)c1ccc(OCC)cc1. The van der Waals surface area contributed by atoms with Crippen LogP contribution in [0, 0.1) is 17.8 Å². The molecule has 3 saturated heterocycles. The molecule has 3 fully saturated rings. The molecule has 3 aliphatic heterocycles. The Bertz CT molecular complexity index is 1480. The number of nitrogens with zero attached hydrogens (tertiary/aromatic N) is 3. The predicted molar refractivity (Wildman–Crippen MR) is 182 cm³/mol. The van der Waals surface area contributed by atoms with Crippen molar-refractivity contribution in [1.82, 2.24) is 9.80 Å². The highest BCUT2D eigenvalue weighted by molar-refractivity contribution is 6.03. The Morgan fingerprint density at radius 3 is 2.32 bits per heavy atom. The molecule has 1 spiro atoms. The van der Waals surface area contributed by atoms with E-state index >= 15 is 0 Å². The summed E-state index contributed by atoms with van der Waals surface area (Å²) >= 11 is 0. The molecule has 0 saturated carbocycles. The highest BCUT2D eigenvalue weighted by Gasteiger charge is 2.80. The van der Waals surface area contributed by atoms with Gasteiger partial charge in [-0.05, 0) is 76.3 Å². The van der Waals surface area contributed by atoms with Gasteiger partial charge in [-0.25, -0.2) is 0 Å². The van der Waals surface area contributed by atoms with Crippen molar-refractivity contribution < 1.29 is 29.0 Å². The summed E-state index contributed by atoms with van der Waals surface area (Å²) in [6.07, 6.45) is 4.12. The number of amides is 3. The van der Waals surface area contributed by atoms with Gasteiger partial charge in [0.25, 0.3) is 0 Å². The van der Waals surface area contributed by atoms with Gasteiger partial charge in [-0.2, -0.15) is 0 Å². The molecular formula is C38H49N3O6. The van der Waals surface area contributed by atoms with Crippen LogP contribution in [0.1, 0.15) is 46.6 Å². The fraction of sp³-hybridized carbons (Fsp3) is 0.500. The summed E-state index contributed by atoms with van der Waals surface area (Å²) in [5.41, 5.74) is -0.671. The number of benzene rings is 2. The van der Waals surface area contributed by atoms with Gasteiger partial charge in [0, 0.05) is 24.8 Å². The van der Waals surface area contributed by atoms with Crippen LogP contribution in [0.5, 0.6) is 5.75 Å². The van der Waals surface area contributed by atoms with E-state index in [0.29, 0.717) is 30.9 Å². The van der Waals surface area contributed by atoms with Crippen LogP contribution in [0.3, 0.4) is 0 Å². The quantitative estimate of drug-likeness (QED) is 0.301. The Balaban J connectivity index is 1.63. The fourth-order valence-electron chi connectivity index (χ4n) is 8.22. The molecule has 5 rings (SSSR count). The van der Waals surface area contributed by atoms with E-state index in [9.17, 15) is 19.5 Å². The molecule has 47 heavy (non-hydrogen) atoms. The average molecular weight is 644 g/mol. The Labute approximate surface area is 278 Å². The van der Waals surface area contributed by atoms with E-state index in [1.54, 1.807) is 26.9 Å². The zero-order valence-electron chi connectivity index (χ0n) is 28.3. The van der Waals surface area contributed by atoms with Crippen molar-refractivity contribution in [1.29, 1.82) is 0 Å². The van der Waals surface area contributed by atoms with E-state index in [2.05, 4.69) is 13.2 Å². The van der Waals surface area contributed by atoms with Crippen molar-refractivity contribution in [2.75, 3.05) is 31.2 Å². The third kappa shape index (κ3) is 5.78. The number of ether oxygens (including phenoxy) is 2. The van der Waals surface area contributed by atoms with E-state index in [-0.39, 0.29) is 49.4 Å². The molecule has 252 valence electrons. The van der Waals surface area contributed by atoms with E-state index < -0.39 is 35.1 Å². The maximum Gasteiger partial charge on any atom is 0.248 e. The highest BCUT2D eigenvalue weighted by Crippen LogP contribution is 2.66. The van der Waals surface area contributed by atoms with Gasteiger partial charge in [-0.15, -0.1) is 13.2 Å². The number of aliphatic hydroxyl groups excluding tert-OH is 1. The van der Waals surface area contributed by atoms with Crippen molar-refractivity contribution in [3.63, 3.8) is 0 Å². The van der Waals surface area contributed by atoms with Crippen molar-refractivity contribution in [2.45, 2.75) is 76.8 Å². The van der Waals surface area contributed by atoms with Gasteiger partial charge in [-0.3, -0.25) is 14.4 Å². The summed E-state index contributed by atoms with van der Waals surface area (Å²) in [4.78, 5) is 49.5. The lowest BCUT2D eigenvalue weighted by molar-refractivity contribution is -0.156. The Kier molecular flexibility index (Phi) is 9.99. The van der Waals surface area contributed by atoms with Gasteiger partial charge in [0.1, 0.15) is 17.4 Å². The molecule has 2 bridgehead atoms. The summed E-state index contributed by atoms with van der Waals surface area (Å²) in [5.74, 6) is -2.07. The topological polar surface area (TPSA) is 99.6 Å². The van der Waals surface area contributed by atoms with Crippen LogP contribution in [-0.4, -0.2) is 88.3 Å². The van der Waals surface area contributed by atoms with E-state index in [1.807, 2.05) is 89.2 Å². The van der Waals surface area contributed by atoms with Crippen molar-refractivity contribution in [3.8, 4) is 5.75 Å². The van der Waals surface area contributed by atoms with Crippen molar-refractivity contribution in [3.05, 3.63) is 85.5 Å². The van der Waals surface area contributed by atoms with Gasteiger partial charge in [0.2, 0.25) is 17.7 Å². The molecule has 0 radical (unpaired) electrons. The number of carbonyl (C=O) groups excluding carboxylic acids is 3. The van der Waals surface area contributed by atoms with E-state index in [1.165, 1.54) is 0 Å². The molecule has 3 unspecified atom stereocenters. The Hall–Kier alpha value is -3.95. The first-order valence-electron chi connectivity index (χ1n) is 16.7. The molecule has 0 aliphatic carbocycles. The van der Waals surface area contributed by atoms with Gasteiger partial charge < -0.3 is 29.3 Å². The fourth-order valence-corrected chi connectivity index (χ4v) is 8.22. The number of hydrogen-bond acceptors (Lipinski definition) is 6. The first-order chi connectivity index (χ1) is 22.5. The molecule has 3 amide bonds. The van der Waals surface area contributed by atoms with E-state index in [0.717, 1.165) is 5.56 Å². The Morgan fingerprint density at radius 2 is 1.74 bits per heavy atom. The second kappa shape index (κ2) is 13.6. The van der Waals surface area contributed by atoms with Crippen LogP contribution >= 0.6 is 0 Å². The molecule has 3 heterocycles. The lowest BCUT2D eigenvalue weighted by Crippen LogP contribution is -2.60. The summed E-state index contributed by atoms with van der Waals surface area (Å²) < 4.78 is 12.6. The zero-order chi connectivity index (χ0) is 34.1. The lowest BCUT2D eigenvalue weighted by atomic mass is 9.62. The lowest BCUT2D eigenvalue weighted by Gasteiger charge is -2.40. The van der Waals surface area contributed by atoms with Crippen LogP contribution < -0.4 is 9.64 Å². The minimum Gasteiger partial charge on any atom is -0.494 e. The minimum absolute atomic E-state index is 0.129. The standard InChI is InChI=1S/C38H49N3O6/c1-8-20-39(25(4)5)36(45)33-38-23-26(6)37(7,47-38)31(34(43)40(21-9-2)28-16-18-30(19-17-28)46-10-3)32(38)35(44)41(33)29(24-42)22-27-14-12-11-13-15-27/h8-9,11-19,25-26,29,31-33,42H,1-2,10,20-24H2,3-7H3/t26?,29-,31+,32+,33?,37-,38?/m1/s1. The maximum atomic E-state index is 15.0. The van der Waals surface area contributed by atoms with Gasteiger partial charge in [0.05, 0.1) is 36.7 Å². The molecule has 1 N–H and O–H groups in total. The normalized spacial score (nSPS) is 28.2. The number of carbonyl (C=O) groups is 3. The smallest absolute Gasteiger partial charge is 0.248 e. The molecule has 2 aromatic carbocycles. The Morgan fingerprint density at radius 1 is 1.09 bits per heavy atom. The number of fused-ring (bicyclic) bond motifs is 1. The average Bonchev–Trinajstić information content (AvgIpc) is 3.58. The first-order valence-corrected chi connectivity index (χ1v) is 16.7. The van der Waals surface area contributed by atoms with Crippen LogP contribution in [0.15, 0.2) is 79.9 Å². The number of anilines is 1. The molecule has 7 atom stereocenters. The number of rotatable bonds is 14. The second-order valence-corrected chi connectivity index (χ2v) is 13.5. The number of hydrogen-bond donors (Lipinski definition) is 1. The minimum atomic E-state index is -1.25. The van der Waals surface area contributed by atoms with Crippen LogP contribution in [0.2, 0.25) is 0 Å².